The van der Waals surface area contributed by atoms with Crippen molar-refractivity contribution in [2.24, 2.45) is 0 Å². The summed E-state index contributed by atoms with van der Waals surface area (Å²) in [6.07, 6.45) is 2.55. The number of hydrogen-bond donors (Lipinski definition) is 0. The van der Waals surface area contributed by atoms with E-state index in [0.29, 0.717) is 0 Å². The molecule has 0 saturated heterocycles. The van der Waals surface area contributed by atoms with E-state index in [1.54, 1.807) is 3.58 Å². The third-order valence-corrected chi connectivity index (χ3v) is 36.4. The van der Waals surface area contributed by atoms with Gasteiger partial charge >= 0.3 is 101 Å². The Balaban J connectivity index is 2.59. The van der Waals surface area contributed by atoms with Gasteiger partial charge in [0.1, 0.15) is 0 Å². The van der Waals surface area contributed by atoms with E-state index >= 15 is 0 Å². The summed E-state index contributed by atoms with van der Waals surface area (Å²) in [6.45, 7) is 0. The quantitative estimate of drug-likeness (QED) is 0.667. The molecule has 0 aliphatic carbocycles. The van der Waals surface area contributed by atoms with Crippen molar-refractivity contribution < 1.29 is 0 Å². The standard InChI is InChI=1S/C11H14Ge.2CH3.Sn/c1-12(2,3)10-9-11-7-5-4-6-8-11;;;/h4-7,9H,1-3H3;2*1H3;. The number of rotatable bonds is 1. The summed E-state index contributed by atoms with van der Waals surface area (Å²) in [5.41, 5.74) is 1.54. The van der Waals surface area contributed by atoms with Crippen LogP contribution in [-0.4, -0.2) is 31.6 Å². The van der Waals surface area contributed by atoms with Crippen LogP contribution in [0.3, 0.4) is 0 Å². The van der Waals surface area contributed by atoms with Crippen LogP contribution < -0.4 is 3.58 Å². The Bertz CT molecular complexity index is 424. The van der Waals surface area contributed by atoms with Crippen LogP contribution >= 0.6 is 0 Å². The average Bonchev–Trinajstić information content (AvgIpc) is 2.39. The summed E-state index contributed by atoms with van der Waals surface area (Å²) in [5, 5.41) is 0. The SMILES string of the molecule is [CH3][Ge]([CH3])([CH3])[C]1=Cc2cccc[c]2[Sn]1([CH3])[CH3]. The Hall–Kier alpha value is 0.302. The second-order valence-corrected chi connectivity index (χ2v) is 31.9. The molecule has 2 rings (SSSR count). The molecule has 0 bridgehead atoms. The molecule has 1 aromatic carbocycles. The van der Waals surface area contributed by atoms with Gasteiger partial charge in [-0.25, -0.2) is 0 Å². The fourth-order valence-corrected chi connectivity index (χ4v) is 44.0. The van der Waals surface area contributed by atoms with Crippen molar-refractivity contribution in [1.82, 2.24) is 0 Å². The third kappa shape index (κ3) is 1.95. The first kappa shape index (κ1) is 11.8. The molecule has 0 radical (unpaired) electrons. The summed E-state index contributed by atoms with van der Waals surface area (Å²) in [7, 11) is 0. The van der Waals surface area contributed by atoms with Crippen LogP contribution in [-0.2, 0) is 0 Å². The van der Waals surface area contributed by atoms with Gasteiger partial charge < -0.3 is 0 Å². The molecule has 1 aliphatic heterocycles. The zero-order valence-electron chi connectivity index (χ0n) is 10.4. The molecule has 2 heteroatoms. The molecule has 0 saturated carbocycles. The molecule has 0 atom stereocenters. The second-order valence-electron chi connectivity index (χ2n) is 6.02. The van der Waals surface area contributed by atoms with Gasteiger partial charge in [0.05, 0.1) is 0 Å². The van der Waals surface area contributed by atoms with Gasteiger partial charge in [-0.15, -0.1) is 0 Å². The van der Waals surface area contributed by atoms with E-state index in [2.05, 4.69) is 57.5 Å². The molecule has 0 N–H and O–H groups in total. The van der Waals surface area contributed by atoms with Crippen LogP contribution in [0, 0.1) is 0 Å². The number of hydrogen-bond acceptors (Lipinski definition) is 0. The average molecular weight is 368 g/mol. The van der Waals surface area contributed by atoms with Crippen LogP contribution in [0.25, 0.3) is 6.08 Å². The zero-order valence-corrected chi connectivity index (χ0v) is 15.3. The maximum atomic E-state index is 2.59. The monoisotopic (exact) mass is 370 g/mol. The molecule has 0 aromatic heterocycles. The van der Waals surface area contributed by atoms with E-state index in [-0.39, 0.29) is 0 Å². The molecule has 1 heterocycles. The number of benzene rings is 1. The maximum absolute atomic E-state index is 2.59. The van der Waals surface area contributed by atoms with Gasteiger partial charge in [-0.2, -0.15) is 0 Å². The van der Waals surface area contributed by atoms with Gasteiger partial charge in [0, 0.05) is 0 Å². The summed E-state index contributed by atoms with van der Waals surface area (Å²) in [5.74, 6) is 7.61. The Morgan fingerprint density at radius 1 is 1.00 bits per heavy atom. The summed E-state index contributed by atoms with van der Waals surface area (Å²) < 4.78 is 3.66. The van der Waals surface area contributed by atoms with Crippen molar-refractivity contribution in [2.75, 3.05) is 0 Å². The fraction of sp³-hybridized carbons (Fsp3) is 0.385. The predicted molar refractivity (Wildman–Crippen MR) is 74.9 cm³/mol. The van der Waals surface area contributed by atoms with Gasteiger partial charge in [-0.1, -0.05) is 0 Å². The van der Waals surface area contributed by atoms with Crippen molar-refractivity contribution >= 4 is 41.3 Å². The van der Waals surface area contributed by atoms with E-state index in [9.17, 15) is 0 Å². The first-order chi connectivity index (χ1) is 6.83. The van der Waals surface area contributed by atoms with Crippen molar-refractivity contribution in [3.05, 3.63) is 32.3 Å². The van der Waals surface area contributed by atoms with E-state index in [4.69, 9.17) is 0 Å². The summed E-state index contributed by atoms with van der Waals surface area (Å²) in [6, 6.07) is 9.07. The van der Waals surface area contributed by atoms with Crippen molar-refractivity contribution in [3.63, 3.8) is 0 Å². The van der Waals surface area contributed by atoms with Gasteiger partial charge in [0.15, 0.2) is 0 Å². The van der Waals surface area contributed by atoms with Gasteiger partial charge in [-0.05, 0) is 0 Å². The molecule has 0 amide bonds. The molecular weight excluding hydrogens is 347 g/mol. The summed E-state index contributed by atoms with van der Waals surface area (Å²) in [4.78, 5) is 5.17. The topological polar surface area (TPSA) is 0 Å². The molecule has 80 valence electrons. The van der Waals surface area contributed by atoms with Gasteiger partial charge in [0.25, 0.3) is 0 Å². The predicted octanol–water partition coefficient (Wildman–Crippen LogP) is 3.42. The molecule has 0 spiro atoms. The van der Waals surface area contributed by atoms with Crippen LogP contribution in [0.2, 0.25) is 27.1 Å². The Morgan fingerprint density at radius 2 is 1.60 bits per heavy atom. The van der Waals surface area contributed by atoms with Crippen molar-refractivity contribution in [1.29, 1.82) is 0 Å². The fourth-order valence-electron chi connectivity index (χ4n) is 2.83. The first-order valence-electron chi connectivity index (χ1n) is 5.65. The Morgan fingerprint density at radius 3 is 2.13 bits per heavy atom. The van der Waals surface area contributed by atoms with Crippen molar-refractivity contribution in [3.8, 4) is 0 Å². The van der Waals surface area contributed by atoms with E-state index in [0.717, 1.165) is 0 Å². The third-order valence-electron chi connectivity index (χ3n) is 3.42. The summed E-state index contributed by atoms with van der Waals surface area (Å²) >= 11 is -3.69. The molecule has 0 nitrogen and oxygen atoms in total. The number of fused-ring (bicyclic) bond motifs is 1. The first-order valence-corrected chi connectivity index (χ1v) is 21.6. The van der Waals surface area contributed by atoms with Crippen molar-refractivity contribution in [2.45, 2.75) is 27.1 Å². The minimum absolute atomic E-state index is 1.54. The molecule has 1 aliphatic rings. The molecule has 15 heavy (non-hydrogen) atoms. The molecule has 0 unspecified atom stereocenters. The minimum atomic E-state index is -2.08. The second kappa shape index (κ2) is 3.66. The van der Waals surface area contributed by atoms with Crippen LogP contribution in [0.15, 0.2) is 26.7 Å². The molecule has 0 fully saturated rings. The Kier molecular flexibility index (Phi) is 2.87. The van der Waals surface area contributed by atoms with E-state index in [1.165, 1.54) is 5.56 Å². The molecular formula is C13H20GeSn. The zero-order chi connectivity index (χ0) is 11.3. The van der Waals surface area contributed by atoms with Crippen LogP contribution in [0.4, 0.5) is 0 Å². The van der Waals surface area contributed by atoms with Crippen LogP contribution in [0.1, 0.15) is 5.56 Å². The van der Waals surface area contributed by atoms with Gasteiger partial charge in [-0.3, -0.25) is 0 Å². The van der Waals surface area contributed by atoms with E-state index in [1.807, 2.05) is 2.42 Å². The normalized spacial score (nSPS) is 18.6. The van der Waals surface area contributed by atoms with Gasteiger partial charge in [0.2, 0.25) is 0 Å². The molecule has 1 aromatic rings. The Labute approximate surface area is 100 Å². The van der Waals surface area contributed by atoms with E-state index < -0.39 is 31.6 Å². The van der Waals surface area contributed by atoms with Crippen LogP contribution in [0.5, 0.6) is 0 Å².